The lowest BCUT2D eigenvalue weighted by molar-refractivity contribution is 0.0697. The minimum Gasteiger partial charge on any atom is -0.478 e. The van der Waals surface area contributed by atoms with Crippen LogP contribution >= 0.6 is 0 Å². The van der Waals surface area contributed by atoms with Gasteiger partial charge in [0.05, 0.1) is 16.9 Å². The van der Waals surface area contributed by atoms with Crippen LogP contribution in [0.2, 0.25) is 0 Å². The van der Waals surface area contributed by atoms with Gasteiger partial charge in [0.15, 0.2) is 0 Å². The van der Waals surface area contributed by atoms with Gasteiger partial charge in [-0.15, -0.1) is 0 Å². The molecular formula is C29H35N3O2. The molecule has 34 heavy (non-hydrogen) atoms. The van der Waals surface area contributed by atoms with Crippen molar-refractivity contribution in [1.82, 2.24) is 9.88 Å². The first-order valence-corrected chi connectivity index (χ1v) is 13.2. The van der Waals surface area contributed by atoms with Gasteiger partial charge in [-0.3, -0.25) is 0 Å². The highest BCUT2D eigenvalue weighted by Gasteiger charge is 2.34. The Bertz CT molecular complexity index is 1240. The maximum absolute atomic E-state index is 11.8. The van der Waals surface area contributed by atoms with E-state index in [1.807, 2.05) is 6.07 Å². The van der Waals surface area contributed by atoms with Gasteiger partial charge in [-0.05, 0) is 61.4 Å². The number of carboxylic acid groups (broad SMARTS) is 1. The molecule has 1 aliphatic carbocycles. The van der Waals surface area contributed by atoms with Gasteiger partial charge >= 0.3 is 5.97 Å². The topological polar surface area (TPSA) is 57.5 Å². The summed E-state index contributed by atoms with van der Waals surface area (Å²) in [6.45, 7) is 6.19. The quantitative estimate of drug-likeness (QED) is 0.471. The van der Waals surface area contributed by atoms with Crippen LogP contribution in [0.15, 0.2) is 36.4 Å². The number of aromatic carboxylic acids is 1. The lowest BCUT2D eigenvalue weighted by Crippen LogP contribution is -2.37. The van der Waals surface area contributed by atoms with Gasteiger partial charge in [0.2, 0.25) is 0 Å². The predicted molar refractivity (Wildman–Crippen MR) is 138 cm³/mol. The first-order chi connectivity index (χ1) is 16.7. The van der Waals surface area contributed by atoms with E-state index in [-0.39, 0.29) is 0 Å². The summed E-state index contributed by atoms with van der Waals surface area (Å²) in [6.07, 6.45) is 8.62. The van der Waals surface area contributed by atoms with E-state index >= 15 is 0 Å². The lowest BCUT2D eigenvalue weighted by Gasteiger charge is -2.36. The van der Waals surface area contributed by atoms with Crippen molar-refractivity contribution in [2.75, 3.05) is 24.5 Å². The summed E-state index contributed by atoms with van der Waals surface area (Å²) in [5.41, 5.74) is 8.45. The lowest BCUT2D eigenvalue weighted by atomic mass is 9.81. The number of nitrogens with zero attached hydrogens (tertiary/aromatic N) is 2. The summed E-state index contributed by atoms with van der Waals surface area (Å²) >= 11 is 0. The average molecular weight is 458 g/mol. The third kappa shape index (κ3) is 3.44. The van der Waals surface area contributed by atoms with Crippen LogP contribution in [0.25, 0.3) is 22.2 Å². The van der Waals surface area contributed by atoms with Crippen molar-refractivity contribution in [3.63, 3.8) is 0 Å². The summed E-state index contributed by atoms with van der Waals surface area (Å²) in [6, 6.07) is 13.1. The summed E-state index contributed by atoms with van der Waals surface area (Å²) in [7, 11) is 0. The Morgan fingerprint density at radius 2 is 1.91 bits per heavy atom. The molecule has 1 unspecified atom stereocenters. The molecule has 2 N–H and O–H groups in total. The van der Waals surface area contributed by atoms with E-state index < -0.39 is 5.97 Å². The van der Waals surface area contributed by atoms with Crippen molar-refractivity contribution in [3.05, 3.63) is 53.1 Å². The molecule has 2 aliphatic heterocycles. The third-order valence-electron chi connectivity index (χ3n) is 8.30. The highest BCUT2D eigenvalue weighted by atomic mass is 16.4. The summed E-state index contributed by atoms with van der Waals surface area (Å²) in [4.78, 5) is 14.4. The summed E-state index contributed by atoms with van der Waals surface area (Å²) in [5.74, 6) is -0.305. The molecule has 5 heteroatoms. The Morgan fingerprint density at radius 1 is 1.06 bits per heavy atom. The maximum atomic E-state index is 11.8. The van der Waals surface area contributed by atoms with Gasteiger partial charge in [0.1, 0.15) is 0 Å². The van der Waals surface area contributed by atoms with Crippen LogP contribution in [0.3, 0.4) is 0 Å². The van der Waals surface area contributed by atoms with Crippen molar-refractivity contribution in [2.45, 2.75) is 70.4 Å². The van der Waals surface area contributed by atoms with E-state index in [0.29, 0.717) is 17.5 Å². The van der Waals surface area contributed by atoms with Gasteiger partial charge in [0.25, 0.3) is 0 Å². The van der Waals surface area contributed by atoms with Gasteiger partial charge in [-0.25, -0.2) is 4.79 Å². The van der Waals surface area contributed by atoms with Crippen molar-refractivity contribution < 1.29 is 9.90 Å². The molecule has 6 rings (SSSR count). The number of carboxylic acids is 1. The van der Waals surface area contributed by atoms with E-state index in [2.05, 4.69) is 46.0 Å². The number of benzene rings is 2. The molecule has 5 nitrogen and oxygen atoms in total. The third-order valence-corrected chi connectivity index (χ3v) is 8.30. The van der Waals surface area contributed by atoms with Crippen LogP contribution in [0, 0.1) is 0 Å². The molecule has 0 amide bonds. The maximum Gasteiger partial charge on any atom is 0.335 e. The minimum absolute atomic E-state index is 0.381. The number of para-hydroxylation sites is 1. The van der Waals surface area contributed by atoms with Crippen LogP contribution in [-0.4, -0.2) is 35.3 Å². The number of rotatable bonds is 5. The molecule has 1 saturated carbocycles. The van der Waals surface area contributed by atoms with Gasteiger partial charge in [-0.1, -0.05) is 50.5 Å². The van der Waals surface area contributed by atoms with Crippen LogP contribution in [0.5, 0.6) is 0 Å². The van der Waals surface area contributed by atoms with Gasteiger partial charge in [0, 0.05) is 42.1 Å². The molecule has 0 bridgehead atoms. The van der Waals surface area contributed by atoms with E-state index in [9.17, 15) is 9.90 Å². The highest BCUT2D eigenvalue weighted by molar-refractivity contribution is 6.00. The zero-order chi connectivity index (χ0) is 23.2. The second-order valence-electron chi connectivity index (χ2n) is 10.3. The monoisotopic (exact) mass is 457 g/mol. The van der Waals surface area contributed by atoms with Crippen molar-refractivity contribution >= 4 is 22.6 Å². The molecule has 0 radical (unpaired) electrons. The number of hydrogen-bond acceptors (Lipinski definition) is 3. The fourth-order valence-corrected chi connectivity index (χ4v) is 6.75. The molecule has 3 heterocycles. The molecule has 178 valence electrons. The number of anilines is 1. The number of nitrogens with one attached hydrogen (secondary N) is 1. The molecule has 0 saturated heterocycles. The predicted octanol–water partition coefficient (Wildman–Crippen LogP) is 6.32. The Hall–Kier alpha value is -2.79. The average Bonchev–Trinajstić information content (AvgIpc) is 3.10. The van der Waals surface area contributed by atoms with Crippen LogP contribution < -0.4 is 10.2 Å². The second kappa shape index (κ2) is 8.77. The normalized spacial score (nSPS) is 20.1. The van der Waals surface area contributed by atoms with E-state index in [0.717, 1.165) is 44.5 Å². The smallest absolute Gasteiger partial charge is 0.335 e. The highest BCUT2D eigenvalue weighted by Crippen LogP contribution is 2.50. The molecule has 3 aromatic rings. The molecular weight excluding hydrogens is 422 g/mol. The molecule has 0 spiro atoms. The van der Waals surface area contributed by atoms with Gasteiger partial charge < -0.3 is 19.9 Å². The van der Waals surface area contributed by atoms with Crippen molar-refractivity contribution in [1.29, 1.82) is 0 Å². The molecule has 1 aromatic heterocycles. The zero-order valence-corrected chi connectivity index (χ0v) is 20.1. The van der Waals surface area contributed by atoms with E-state index in [1.165, 1.54) is 65.6 Å². The zero-order valence-electron chi connectivity index (χ0n) is 20.1. The first-order valence-electron chi connectivity index (χ1n) is 13.2. The molecule has 3 aliphatic rings. The summed E-state index contributed by atoms with van der Waals surface area (Å²) < 4.78 is 2.45. The van der Waals surface area contributed by atoms with E-state index in [1.54, 1.807) is 6.07 Å². The second-order valence-corrected chi connectivity index (χ2v) is 10.3. The summed E-state index contributed by atoms with van der Waals surface area (Å²) in [5, 5.41) is 14.8. The Balaban J connectivity index is 1.61. The van der Waals surface area contributed by atoms with E-state index in [4.69, 9.17) is 0 Å². The standard InChI is InChI=1S/C29H35N3O2/c1-2-14-30-24-13-15-31-16-17-32-25-18-20(29(33)34)11-12-22(25)26(19-7-4-3-5-8-19)28(32)23-10-6-9-21(24)27(23)31/h6,9-12,18-19,24,30H,2-5,7-8,13-17H2,1H3,(H,33,34). The fourth-order valence-electron chi connectivity index (χ4n) is 6.75. The number of aromatic nitrogens is 1. The van der Waals surface area contributed by atoms with Crippen LogP contribution in [0.1, 0.15) is 85.3 Å². The van der Waals surface area contributed by atoms with Crippen molar-refractivity contribution in [3.8, 4) is 11.3 Å². The Morgan fingerprint density at radius 3 is 2.71 bits per heavy atom. The molecule has 1 fully saturated rings. The number of hydrogen-bond donors (Lipinski definition) is 2. The number of fused-ring (bicyclic) bond motifs is 4. The largest absolute Gasteiger partial charge is 0.478 e. The molecule has 2 aromatic carbocycles. The SMILES string of the molecule is CCCNC1CCN2CCn3c(c(C4CCCCC4)c4ccc(C(=O)O)cc43)-c3cccc1c32. The Labute approximate surface area is 201 Å². The Kier molecular flexibility index (Phi) is 5.60. The number of carbonyl (C=O) groups is 1. The van der Waals surface area contributed by atoms with Crippen LogP contribution in [0.4, 0.5) is 5.69 Å². The minimum atomic E-state index is -0.850. The fraction of sp³-hybridized carbons (Fsp3) is 0.483. The van der Waals surface area contributed by atoms with Crippen LogP contribution in [-0.2, 0) is 6.54 Å². The first kappa shape index (κ1) is 21.7. The van der Waals surface area contributed by atoms with Gasteiger partial charge in [-0.2, -0.15) is 0 Å². The van der Waals surface area contributed by atoms with Crippen molar-refractivity contribution in [2.24, 2.45) is 0 Å². The molecule has 1 atom stereocenters.